The van der Waals surface area contributed by atoms with Crippen LogP contribution in [0.1, 0.15) is 33.1 Å². The van der Waals surface area contributed by atoms with E-state index in [0.29, 0.717) is 19.4 Å². The van der Waals surface area contributed by atoms with Crippen LogP contribution in [0, 0.1) is 16.7 Å². The minimum absolute atomic E-state index is 0.0531. The van der Waals surface area contributed by atoms with Gasteiger partial charge in [-0.3, -0.25) is 4.79 Å². The summed E-state index contributed by atoms with van der Waals surface area (Å²) in [4.78, 5) is 10.9. The van der Waals surface area contributed by atoms with Crippen LogP contribution in [0.25, 0.3) is 0 Å². The van der Waals surface area contributed by atoms with E-state index in [1.165, 1.54) is 0 Å². The quantitative estimate of drug-likeness (QED) is 0.618. The summed E-state index contributed by atoms with van der Waals surface area (Å²) in [7, 11) is 1.64. The van der Waals surface area contributed by atoms with Gasteiger partial charge >= 0.3 is 0 Å². The molecule has 1 amide bonds. The molecule has 0 unspecified atom stereocenters. The summed E-state index contributed by atoms with van der Waals surface area (Å²) in [5, 5.41) is 14.3. The molecular weight excluding hydrogens is 190 g/mol. The average Bonchev–Trinajstić information content (AvgIpc) is 2.21. The fourth-order valence-corrected chi connectivity index (χ4v) is 1.24. The maximum Gasteiger partial charge on any atom is 0.221 e. The van der Waals surface area contributed by atoms with Gasteiger partial charge < -0.3 is 10.6 Å². The van der Waals surface area contributed by atoms with Gasteiger partial charge in [0.05, 0.1) is 6.07 Å². The number of amides is 1. The fraction of sp³-hybridized carbons (Fsp3) is 0.818. The van der Waals surface area contributed by atoms with Crippen molar-refractivity contribution >= 4 is 5.91 Å². The topological polar surface area (TPSA) is 64.9 Å². The van der Waals surface area contributed by atoms with Crippen molar-refractivity contribution in [3.8, 4) is 6.07 Å². The molecule has 4 heteroatoms. The van der Waals surface area contributed by atoms with Gasteiger partial charge in [0.15, 0.2) is 0 Å². The molecule has 0 aromatic rings. The molecular formula is C11H21N3O. The zero-order chi connectivity index (χ0) is 11.7. The number of hydrogen-bond donors (Lipinski definition) is 2. The molecule has 0 fully saturated rings. The fourth-order valence-electron chi connectivity index (χ4n) is 1.24. The Bertz CT molecular complexity index is 230. The second kappa shape index (κ2) is 7.24. The molecule has 0 spiro atoms. The van der Waals surface area contributed by atoms with Gasteiger partial charge in [0.25, 0.3) is 0 Å². The summed E-state index contributed by atoms with van der Waals surface area (Å²) in [5.41, 5.74) is 0.123. The maximum atomic E-state index is 10.9. The Labute approximate surface area is 92.0 Å². The highest BCUT2D eigenvalue weighted by molar-refractivity contribution is 5.75. The maximum absolute atomic E-state index is 10.9. The second-order valence-corrected chi connectivity index (χ2v) is 4.42. The van der Waals surface area contributed by atoms with Gasteiger partial charge in [0, 0.05) is 33.0 Å². The van der Waals surface area contributed by atoms with E-state index in [-0.39, 0.29) is 11.3 Å². The standard InChI is InChI=1S/C11H21N3O/c1-11(2,6-4-7-12)9-14-8-5-10(15)13-3/h14H,4-6,8-9H2,1-3H3,(H,13,15). The van der Waals surface area contributed by atoms with Crippen LogP contribution in [-0.4, -0.2) is 26.0 Å². The first-order chi connectivity index (χ1) is 7.02. The summed E-state index contributed by atoms with van der Waals surface area (Å²) in [6.45, 7) is 5.77. The zero-order valence-corrected chi connectivity index (χ0v) is 9.89. The molecule has 0 heterocycles. The van der Waals surface area contributed by atoms with E-state index in [0.717, 1.165) is 13.0 Å². The van der Waals surface area contributed by atoms with Crippen molar-refractivity contribution < 1.29 is 4.79 Å². The molecule has 15 heavy (non-hydrogen) atoms. The lowest BCUT2D eigenvalue weighted by molar-refractivity contribution is -0.120. The van der Waals surface area contributed by atoms with Gasteiger partial charge in [0.2, 0.25) is 5.91 Å². The lowest BCUT2D eigenvalue weighted by atomic mass is 9.88. The number of rotatable bonds is 7. The third kappa shape index (κ3) is 7.95. The Kier molecular flexibility index (Phi) is 6.72. The van der Waals surface area contributed by atoms with Crippen LogP contribution >= 0.6 is 0 Å². The highest BCUT2D eigenvalue weighted by Gasteiger charge is 2.16. The summed E-state index contributed by atoms with van der Waals surface area (Å²) in [5.74, 6) is 0.0531. The molecule has 86 valence electrons. The average molecular weight is 211 g/mol. The molecule has 0 atom stereocenters. The van der Waals surface area contributed by atoms with E-state index in [4.69, 9.17) is 5.26 Å². The first kappa shape index (κ1) is 13.9. The third-order valence-electron chi connectivity index (χ3n) is 2.32. The van der Waals surface area contributed by atoms with E-state index in [2.05, 4.69) is 30.6 Å². The van der Waals surface area contributed by atoms with Crippen molar-refractivity contribution in [2.45, 2.75) is 33.1 Å². The normalized spacial score (nSPS) is 10.8. The van der Waals surface area contributed by atoms with Crippen LogP contribution in [0.3, 0.4) is 0 Å². The van der Waals surface area contributed by atoms with Gasteiger partial charge in [-0.15, -0.1) is 0 Å². The molecule has 2 N–H and O–H groups in total. The molecule has 0 saturated carbocycles. The first-order valence-corrected chi connectivity index (χ1v) is 5.30. The molecule has 0 rings (SSSR count). The van der Waals surface area contributed by atoms with Crippen molar-refractivity contribution in [3.63, 3.8) is 0 Å². The van der Waals surface area contributed by atoms with Crippen LogP contribution in [0.15, 0.2) is 0 Å². The predicted molar refractivity (Wildman–Crippen MR) is 60.2 cm³/mol. The Morgan fingerprint density at radius 2 is 2.13 bits per heavy atom. The van der Waals surface area contributed by atoms with Crippen molar-refractivity contribution in [3.05, 3.63) is 0 Å². The Morgan fingerprint density at radius 3 is 2.67 bits per heavy atom. The highest BCUT2D eigenvalue weighted by Crippen LogP contribution is 2.20. The van der Waals surface area contributed by atoms with E-state index < -0.39 is 0 Å². The van der Waals surface area contributed by atoms with E-state index in [1.807, 2.05) is 0 Å². The highest BCUT2D eigenvalue weighted by atomic mass is 16.1. The van der Waals surface area contributed by atoms with Crippen LogP contribution < -0.4 is 10.6 Å². The lowest BCUT2D eigenvalue weighted by Crippen LogP contribution is -2.32. The minimum Gasteiger partial charge on any atom is -0.359 e. The summed E-state index contributed by atoms with van der Waals surface area (Å²) >= 11 is 0. The molecule has 0 bridgehead atoms. The number of hydrogen-bond acceptors (Lipinski definition) is 3. The number of nitrogens with one attached hydrogen (secondary N) is 2. The van der Waals surface area contributed by atoms with Crippen molar-refractivity contribution in [2.24, 2.45) is 5.41 Å². The van der Waals surface area contributed by atoms with Crippen molar-refractivity contribution in [2.75, 3.05) is 20.1 Å². The van der Waals surface area contributed by atoms with Crippen molar-refractivity contribution in [1.29, 1.82) is 5.26 Å². The summed E-state index contributed by atoms with van der Waals surface area (Å²) in [6.07, 6.45) is 1.98. The van der Waals surface area contributed by atoms with Gasteiger partial charge in [-0.2, -0.15) is 5.26 Å². The van der Waals surface area contributed by atoms with Gasteiger partial charge in [0.1, 0.15) is 0 Å². The molecule has 0 aromatic carbocycles. The van der Waals surface area contributed by atoms with Gasteiger partial charge in [-0.05, 0) is 11.8 Å². The first-order valence-electron chi connectivity index (χ1n) is 5.30. The molecule has 0 radical (unpaired) electrons. The number of carbonyl (C=O) groups excluding carboxylic acids is 1. The number of carbonyl (C=O) groups is 1. The molecule has 0 aliphatic heterocycles. The largest absolute Gasteiger partial charge is 0.359 e. The number of nitriles is 1. The molecule has 4 nitrogen and oxygen atoms in total. The summed E-state index contributed by atoms with van der Waals surface area (Å²) in [6, 6.07) is 2.15. The Balaban J connectivity index is 3.57. The third-order valence-corrected chi connectivity index (χ3v) is 2.32. The predicted octanol–water partition coefficient (Wildman–Crippen LogP) is 1.04. The van der Waals surface area contributed by atoms with Crippen LogP contribution in [0.4, 0.5) is 0 Å². The minimum atomic E-state index is 0.0531. The van der Waals surface area contributed by atoms with Gasteiger partial charge in [-0.25, -0.2) is 0 Å². The SMILES string of the molecule is CNC(=O)CCNCC(C)(C)CCC#N. The molecule has 0 aliphatic carbocycles. The molecule has 0 aromatic heterocycles. The monoisotopic (exact) mass is 211 g/mol. The van der Waals surface area contributed by atoms with E-state index in [9.17, 15) is 4.79 Å². The Hall–Kier alpha value is -1.08. The number of nitrogens with zero attached hydrogens (tertiary/aromatic N) is 1. The van der Waals surface area contributed by atoms with Crippen LogP contribution in [0.5, 0.6) is 0 Å². The summed E-state index contributed by atoms with van der Waals surface area (Å²) < 4.78 is 0. The smallest absolute Gasteiger partial charge is 0.221 e. The molecule has 0 aliphatic rings. The van der Waals surface area contributed by atoms with E-state index in [1.54, 1.807) is 7.05 Å². The van der Waals surface area contributed by atoms with E-state index >= 15 is 0 Å². The van der Waals surface area contributed by atoms with Crippen LogP contribution in [0.2, 0.25) is 0 Å². The Morgan fingerprint density at radius 1 is 1.47 bits per heavy atom. The van der Waals surface area contributed by atoms with Crippen LogP contribution in [-0.2, 0) is 4.79 Å². The zero-order valence-electron chi connectivity index (χ0n) is 9.89. The van der Waals surface area contributed by atoms with Crippen molar-refractivity contribution in [1.82, 2.24) is 10.6 Å². The van der Waals surface area contributed by atoms with Gasteiger partial charge in [-0.1, -0.05) is 13.8 Å². The lowest BCUT2D eigenvalue weighted by Gasteiger charge is -2.23. The molecule has 0 saturated heterocycles. The second-order valence-electron chi connectivity index (χ2n) is 4.42.